The molecule has 0 spiro atoms. The lowest BCUT2D eigenvalue weighted by Crippen LogP contribution is -2.21. The summed E-state index contributed by atoms with van der Waals surface area (Å²) in [6.07, 6.45) is 1.48. The number of carbonyl (C=O) groups is 2. The first-order valence-electron chi connectivity index (χ1n) is 7.04. The molecule has 7 heteroatoms. The summed E-state index contributed by atoms with van der Waals surface area (Å²) in [7, 11) is -1.32. The molecule has 0 aliphatic carbocycles. The second kappa shape index (κ2) is 8.21. The fourth-order valence-corrected chi connectivity index (χ4v) is 3.07. The van der Waals surface area contributed by atoms with Crippen LogP contribution in [0.5, 0.6) is 0 Å². The topological polar surface area (TPSA) is 72.5 Å². The van der Waals surface area contributed by atoms with Crippen LogP contribution in [0.25, 0.3) is 0 Å². The van der Waals surface area contributed by atoms with Gasteiger partial charge in [0.05, 0.1) is 21.3 Å². The van der Waals surface area contributed by atoms with Gasteiger partial charge in [0.1, 0.15) is 0 Å². The molecule has 0 unspecified atom stereocenters. The molecular formula is C17H16BrNO4S. The summed E-state index contributed by atoms with van der Waals surface area (Å²) in [4.78, 5) is 24.4. The highest BCUT2D eigenvalue weighted by atomic mass is 79.9. The fourth-order valence-electron chi connectivity index (χ4n) is 1.96. The Bertz CT molecular complexity index is 807. The molecule has 0 heterocycles. The van der Waals surface area contributed by atoms with E-state index in [2.05, 4.69) is 21.2 Å². The molecule has 0 aromatic heterocycles. The van der Waals surface area contributed by atoms with Gasteiger partial charge in [-0.15, -0.1) is 0 Å². The molecule has 1 N–H and O–H groups in total. The van der Waals surface area contributed by atoms with Crippen LogP contribution in [0.15, 0.2) is 51.8 Å². The number of hydrogen-bond acceptors (Lipinski definition) is 4. The Hall–Kier alpha value is -1.99. The van der Waals surface area contributed by atoms with E-state index in [9.17, 15) is 13.8 Å². The van der Waals surface area contributed by atoms with Crippen molar-refractivity contribution in [3.05, 3.63) is 58.1 Å². The molecule has 0 saturated heterocycles. The maximum atomic E-state index is 12.1. The molecular weight excluding hydrogens is 394 g/mol. The predicted molar refractivity (Wildman–Crippen MR) is 96.6 cm³/mol. The largest absolute Gasteiger partial charge is 0.452 e. The van der Waals surface area contributed by atoms with Crippen LogP contribution in [0.3, 0.4) is 0 Å². The van der Waals surface area contributed by atoms with E-state index in [0.29, 0.717) is 10.6 Å². The summed E-state index contributed by atoms with van der Waals surface area (Å²) in [5, 5.41) is 2.65. The standard InChI is InChI=1S/C17H16BrNO4S/c1-11-7-8-12(9-14(11)18)19-16(20)10-23-17(21)13-5-3-4-6-15(13)24(2)22/h3-9H,10H2,1-2H3,(H,19,20)/t24-/m0/s1. The molecule has 2 aromatic rings. The molecule has 1 atom stereocenters. The first-order chi connectivity index (χ1) is 11.4. The summed E-state index contributed by atoms with van der Waals surface area (Å²) in [6, 6.07) is 11.8. The van der Waals surface area contributed by atoms with Gasteiger partial charge < -0.3 is 10.1 Å². The first-order valence-corrected chi connectivity index (χ1v) is 9.39. The highest BCUT2D eigenvalue weighted by molar-refractivity contribution is 9.10. The van der Waals surface area contributed by atoms with Gasteiger partial charge in [0.25, 0.3) is 5.91 Å². The molecule has 2 aromatic carbocycles. The third-order valence-electron chi connectivity index (χ3n) is 3.21. The Morgan fingerprint density at radius 1 is 1.21 bits per heavy atom. The van der Waals surface area contributed by atoms with E-state index in [4.69, 9.17) is 4.74 Å². The maximum absolute atomic E-state index is 12.1. The minimum atomic E-state index is -1.32. The summed E-state index contributed by atoms with van der Waals surface area (Å²) in [6.45, 7) is 1.52. The number of nitrogens with one attached hydrogen (secondary N) is 1. The van der Waals surface area contributed by atoms with E-state index in [1.807, 2.05) is 13.0 Å². The molecule has 126 valence electrons. The molecule has 2 rings (SSSR count). The lowest BCUT2D eigenvalue weighted by atomic mass is 10.2. The van der Waals surface area contributed by atoms with Crippen LogP contribution in [0.1, 0.15) is 15.9 Å². The van der Waals surface area contributed by atoms with Crippen molar-refractivity contribution in [2.45, 2.75) is 11.8 Å². The average Bonchev–Trinajstić information content (AvgIpc) is 2.56. The number of hydrogen-bond donors (Lipinski definition) is 1. The maximum Gasteiger partial charge on any atom is 0.339 e. The van der Waals surface area contributed by atoms with Gasteiger partial charge in [0.2, 0.25) is 0 Å². The van der Waals surface area contributed by atoms with Crippen molar-refractivity contribution in [3.63, 3.8) is 0 Å². The van der Waals surface area contributed by atoms with Crippen LogP contribution in [-0.4, -0.2) is 28.9 Å². The number of esters is 1. The quantitative estimate of drug-likeness (QED) is 0.768. The minimum absolute atomic E-state index is 0.198. The second-order valence-electron chi connectivity index (χ2n) is 5.04. The molecule has 0 saturated carbocycles. The Labute approximate surface area is 151 Å². The summed E-state index contributed by atoms with van der Waals surface area (Å²) < 4.78 is 17.5. The fraction of sp³-hybridized carbons (Fsp3) is 0.176. The Kier molecular flexibility index (Phi) is 6.28. The third-order valence-corrected chi connectivity index (χ3v) is 5.04. The zero-order valence-electron chi connectivity index (χ0n) is 13.2. The number of carbonyl (C=O) groups excluding carboxylic acids is 2. The number of ether oxygens (including phenoxy) is 1. The van der Waals surface area contributed by atoms with Gasteiger partial charge in [-0.3, -0.25) is 9.00 Å². The predicted octanol–water partition coefficient (Wildman–Crippen LogP) is 3.29. The zero-order valence-corrected chi connectivity index (χ0v) is 15.6. The normalized spacial score (nSPS) is 11.6. The lowest BCUT2D eigenvalue weighted by molar-refractivity contribution is -0.119. The summed E-state index contributed by atoms with van der Waals surface area (Å²) in [5.74, 6) is -1.13. The molecule has 5 nitrogen and oxygen atoms in total. The first kappa shape index (κ1) is 18.4. The molecule has 0 bridgehead atoms. The smallest absolute Gasteiger partial charge is 0.339 e. The number of benzene rings is 2. The Morgan fingerprint density at radius 3 is 2.58 bits per heavy atom. The van der Waals surface area contributed by atoms with Gasteiger partial charge in [-0.25, -0.2) is 4.79 Å². The van der Waals surface area contributed by atoms with Crippen molar-refractivity contribution in [1.82, 2.24) is 0 Å². The van der Waals surface area contributed by atoms with Gasteiger partial charge in [-0.2, -0.15) is 0 Å². The molecule has 1 amide bonds. The van der Waals surface area contributed by atoms with Gasteiger partial charge in [-0.1, -0.05) is 34.1 Å². The SMILES string of the molecule is Cc1ccc(NC(=O)COC(=O)c2ccccc2[S@](C)=O)cc1Br. The summed E-state index contributed by atoms with van der Waals surface area (Å²) in [5.41, 5.74) is 1.84. The highest BCUT2D eigenvalue weighted by Crippen LogP contribution is 2.20. The van der Waals surface area contributed by atoms with Crippen molar-refractivity contribution < 1.29 is 18.5 Å². The van der Waals surface area contributed by atoms with Crippen LogP contribution in [0.2, 0.25) is 0 Å². The van der Waals surface area contributed by atoms with Crippen molar-refractivity contribution >= 4 is 44.3 Å². The minimum Gasteiger partial charge on any atom is -0.452 e. The number of halogens is 1. The monoisotopic (exact) mass is 409 g/mol. The third kappa shape index (κ3) is 4.75. The van der Waals surface area contributed by atoms with Gasteiger partial charge >= 0.3 is 5.97 Å². The van der Waals surface area contributed by atoms with E-state index < -0.39 is 29.3 Å². The molecule has 0 aliphatic rings. The van der Waals surface area contributed by atoms with E-state index in [1.54, 1.807) is 30.3 Å². The van der Waals surface area contributed by atoms with Gasteiger partial charge in [-0.05, 0) is 36.8 Å². The van der Waals surface area contributed by atoms with E-state index in [1.165, 1.54) is 12.3 Å². The van der Waals surface area contributed by atoms with Crippen LogP contribution >= 0.6 is 15.9 Å². The zero-order chi connectivity index (χ0) is 17.7. The highest BCUT2D eigenvalue weighted by Gasteiger charge is 2.16. The van der Waals surface area contributed by atoms with Crippen LogP contribution < -0.4 is 5.32 Å². The van der Waals surface area contributed by atoms with Crippen molar-refractivity contribution in [1.29, 1.82) is 0 Å². The van der Waals surface area contributed by atoms with E-state index in [-0.39, 0.29) is 5.56 Å². The number of amides is 1. The van der Waals surface area contributed by atoms with E-state index >= 15 is 0 Å². The average molecular weight is 410 g/mol. The Balaban J connectivity index is 1.97. The van der Waals surface area contributed by atoms with Crippen molar-refractivity contribution in [2.24, 2.45) is 0 Å². The Morgan fingerprint density at radius 2 is 1.92 bits per heavy atom. The number of rotatable bonds is 5. The molecule has 0 aliphatic heterocycles. The molecule has 0 fully saturated rings. The van der Waals surface area contributed by atoms with Crippen molar-refractivity contribution in [2.75, 3.05) is 18.2 Å². The van der Waals surface area contributed by atoms with Gasteiger partial charge in [0.15, 0.2) is 6.61 Å². The van der Waals surface area contributed by atoms with Gasteiger partial charge in [0, 0.05) is 16.4 Å². The summed E-state index contributed by atoms with van der Waals surface area (Å²) >= 11 is 3.38. The van der Waals surface area contributed by atoms with Crippen molar-refractivity contribution in [3.8, 4) is 0 Å². The van der Waals surface area contributed by atoms with Crippen LogP contribution in [0, 0.1) is 6.92 Å². The van der Waals surface area contributed by atoms with Crippen LogP contribution in [-0.2, 0) is 20.3 Å². The lowest BCUT2D eigenvalue weighted by Gasteiger charge is -2.09. The van der Waals surface area contributed by atoms with Crippen LogP contribution in [0.4, 0.5) is 5.69 Å². The molecule has 24 heavy (non-hydrogen) atoms. The molecule has 0 radical (unpaired) electrons. The number of anilines is 1. The number of aryl methyl sites for hydroxylation is 1. The second-order valence-corrected chi connectivity index (χ2v) is 7.24. The van der Waals surface area contributed by atoms with E-state index in [0.717, 1.165) is 10.0 Å².